The van der Waals surface area contributed by atoms with Crippen molar-refractivity contribution < 1.29 is 4.79 Å². The van der Waals surface area contributed by atoms with E-state index in [1.807, 2.05) is 75.5 Å². The summed E-state index contributed by atoms with van der Waals surface area (Å²) in [6.45, 7) is 3.89. The van der Waals surface area contributed by atoms with Crippen LogP contribution in [0.1, 0.15) is 22.4 Å². The van der Waals surface area contributed by atoms with E-state index in [4.69, 9.17) is 0 Å². The van der Waals surface area contributed by atoms with E-state index in [9.17, 15) is 9.59 Å². The molecular formula is C22H19N3O2S. The molecule has 0 saturated heterocycles. The lowest BCUT2D eigenvalue weighted by atomic mass is 10.2. The molecule has 0 atom stereocenters. The Kier molecular flexibility index (Phi) is 4.65. The summed E-state index contributed by atoms with van der Waals surface area (Å²) in [5.41, 5.74) is 3.97. The number of hydrogen-bond acceptors (Lipinski definition) is 3. The summed E-state index contributed by atoms with van der Waals surface area (Å²) in [5.74, 6) is -0.311. The van der Waals surface area contributed by atoms with Gasteiger partial charge in [0, 0.05) is 18.3 Å². The molecule has 0 unspecified atom stereocenters. The molecule has 0 bridgehead atoms. The molecule has 6 heteroatoms. The van der Waals surface area contributed by atoms with Crippen molar-refractivity contribution in [1.29, 1.82) is 0 Å². The highest BCUT2D eigenvalue weighted by molar-refractivity contribution is 8.19. The summed E-state index contributed by atoms with van der Waals surface area (Å²) in [7, 11) is 1.84. The first-order valence-electron chi connectivity index (χ1n) is 8.89. The van der Waals surface area contributed by atoms with Crippen LogP contribution in [0.15, 0.2) is 69.3 Å². The average molecular weight is 389 g/mol. The second-order valence-corrected chi connectivity index (χ2v) is 7.70. The van der Waals surface area contributed by atoms with E-state index < -0.39 is 0 Å². The highest BCUT2D eigenvalue weighted by Crippen LogP contribution is 2.32. The Morgan fingerprint density at radius 2 is 1.64 bits per heavy atom. The highest BCUT2D eigenvalue weighted by atomic mass is 32.2. The van der Waals surface area contributed by atoms with Crippen LogP contribution >= 0.6 is 11.8 Å². The van der Waals surface area contributed by atoms with Gasteiger partial charge in [-0.25, -0.2) is 9.67 Å². The van der Waals surface area contributed by atoms with Crippen molar-refractivity contribution in [3.8, 4) is 5.69 Å². The van der Waals surface area contributed by atoms with Crippen molar-refractivity contribution in [2.45, 2.75) is 13.8 Å². The Morgan fingerprint density at radius 3 is 2.32 bits per heavy atom. The van der Waals surface area contributed by atoms with Gasteiger partial charge >= 0.3 is 0 Å². The van der Waals surface area contributed by atoms with Crippen molar-refractivity contribution in [3.05, 3.63) is 92.2 Å². The Morgan fingerprint density at radius 1 is 0.964 bits per heavy atom. The fourth-order valence-electron chi connectivity index (χ4n) is 3.12. The molecule has 4 rings (SSSR count). The van der Waals surface area contributed by atoms with E-state index >= 15 is 0 Å². The van der Waals surface area contributed by atoms with Crippen LogP contribution in [0.2, 0.25) is 0 Å². The number of carbonyl (C=O) groups excluding carboxylic acids is 1. The summed E-state index contributed by atoms with van der Waals surface area (Å²) < 4.78 is 3.41. The van der Waals surface area contributed by atoms with Gasteiger partial charge in [0.15, 0.2) is 0 Å². The van der Waals surface area contributed by atoms with E-state index in [0.717, 1.165) is 22.5 Å². The van der Waals surface area contributed by atoms with Gasteiger partial charge in [-0.3, -0.25) is 14.3 Å². The summed E-state index contributed by atoms with van der Waals surface area (Å²) in [5, 5.41) is 0.660. The fraction of sp³-hybridized carbons (Fsp3) is 0.136. The Labute approximate surface area is 167 Å². The van der Waals surface area contributed by atoms with E-state index in [2.05, 4.69) is 4.99 Å². The smallest absolute Gasteiger partial charge is 0.284 e. The van der Waals surface area contributed by atoms with Crippen LogP contribution in [0.5, 0.6) is 0 Å². The molecule has 28 heavy (non-hydrogen) atoms. The lowest BCUT2D eigenvalue weighted by Crippen LogP contribution is -2.20. The molecule has 0 aliphatic carbocycles. The quantitative estimate of drug-likeness (QED) is 0.639. The van der Waals surface area contributed by atoms with Gasteiger partial charge in [0.25, 0.3) is 11.5 Å². The van der Waals surface area contributed by atoms with Crippen LogP contribution < -0.4 is 5.56 Å². The van der Waals surface area contributed by atoms with E-state index in [0.29, 0.717) is 15.5 Å². The Hall–Kier alpha value is -3.12. The van der Waals surface area contributed by atoms with Gasteiger partial charge < -0.3 is 0 Å². The van der Waals surface area contributed by atoms with Crippen molar-refractivity contribution in [2.24, 2.45) is 12.0 Å². The fourth-order valence-corrected chi connectivity index (χ4v) is 4.02. The molecule has 3 aromatic rings. The molecule has 0 saturated carbocycles. The lowest BCUT2D eigenvalue weighted by molar-refractivity contribution is -0.113. The van der Waals surface area contributed by atoms with Gasteiger partial charge in [-0.05, 0) is 32.1 Å². The number of nitrogens with zero attached hydrogens (tertiary/aromatic N) is 3. The number of amides is 1. The number of aryl methyl sites for hydroxylation is 1. The number of aliphatic imine (C=N–C) groups is 1. The number of thioether (sulfide) groups is 1. The predicted octanol–water partition coefficient (Wildman–Crippen LogP) is 3.85. The number of aromatic nitrogens is 2. The number of benzene rings is 2. The Balaban J connectivity index is 1.72. The maximum absolute atomic E-state index is 13.0. The molecule has 140 valence electrons. The molecule has 0 spiro atoms. The Bertz CT molecular complexity index is 1180. The van der Waals surface area contributed by atoms with Crippen molar-refractivity contribution in [3.63, 3.8) is 0 Å². The third-order valence-corrected chi connectivity index (χ3v) is 5.83. The third-order valence-electron chi connectivity index (χ3n) is 4.79. The minimum atomic E-state index is -0.311. The van der Waals surface area contributed by atoms with E-state index in [1.165, 1.54) is 11.8 Å². The topological polar surface area (TPSA) is 56.4 Å². The number of hydrogen-bond donors (Lipinski definition) is 0. The molecule has 1 aliphatic heterocycles. The zero-order valence-electron chi connectivity index (χ0n) is 15.8. The number of carbonyl (C=O) groups is 1. The molecule has 0 fully saturated rings. The van der Waals surface area contributed by atoms with Crippen molar-refractivity contribution >= 4 is 28.8 Å². The van der Waals surface area contributed by atoms with Crippen LogP contribution in [-0.4, -0.2) is 20.3 Å². The molecule has 1 amide bonds. The van der Waals surface area contributed by atoms with Gasteiger partial charge in [0.2, 0.25) is 0 Å². The van der Waals surface area contributed by atoms with Gasteiger partial charge in [-0.1, -0.05) is 59.8 Å². The van der Waals surface area contributed by atoms with Gasteiger partial charge in [-0.2, -0.15) is 0 Å². The standard InChI is InChI=1S/C22H19N3O2S/c1-14-9-11-16(12-10-14)21-23-20(26)19(28-21)13-18-15(2)24(3)25(22(18)27)17-7-5-4-6-8-17/h4-13H,1-3H3/b19-13-. The molecule has 2 aromatic carbocycles. The molecule has 0 N–H and O–H groups in total. The normalized spacial score (nSPS) is 15.3. The van der Waals surface area contributed by atoms with Crippen molar-refractivity contribution in [2.75, 3.05) is 0 Å². The van der Waals surface area contributed by atoms with Crippen LogP contribution in [0.25, 0.3) is 11.8 Å². The predicted molar refractivity (Wildman–Crippen MR) is 114 cm³/mol. The van der Waals surface area contributed by atoms with E-state index in [1.54, 1.807) is 15.4 Å². The SMILES string of the molecule is Cc1ccc(C2=NC(=O)/C(=C/c3c(C)n(C)n(-c4ccccc4)c3=O)S2)cc1. The van der Waals surface area contributed by atoms with Crippen LogP contribution in [0, 0.1) is 13.8 Å². The van der Waals surface area contributed by atoms with Crippen LogP contribution in [0.3, 0.4) is 0 Å². The summed E-state index contributed by atoms with van der Waals surface area (Å²) in [6.07, 6.45) is 1.66. The average Bonchev–Trinajstić information content (AvgIpc) is 3.16. The van der Waals surface area contributed by atoms with Crippen LogP contribution in [0.4, 0.5) is 0 Å². The summed E-state index contributed by atoms with van der Waals surface area (Å²) in [4.78, 5) is 30.1. The maximum Gasteiger partial charge on any atom is 0.284 e. The molecule has 5 nitrogen and oxygen atoms in total. The molecule has 1 aliphatic rings. The minimum Gasteiger partial charge on any atom is -0.285 e. The number of para-hydroxylation sites is 1. The van der Waals surface area contributed by atoms with E-state index in [-0.39, 0.29) is 11.5 Å². The van der Waals surface area contributed by atoms with Gasteiger partial charge in [0.05, 0.1) is 16.2 Å². The molecule has 2 heterocycles. The first kappa shape index (κ1) is 18.3. The summed E-state index contributed by atoms with van der Waals surface area (Å²) >= 11 is 1.31. The lowest BCUT2D eigenvalue weighted by Gasteiger charge is -2.07. The molecule has 1 aromatic heterocycles. The van der Waals surface area contributed by atoms with Gasteiger partial charge in [0.1, 0.15) is 5.04 Å². The highest BCUT2D eigenvalue weighted by Gasteiger charge is 2.25. The maximum atomic E-state index is 13.0. The zero-order chi connectivity index (χ0) is 19.8. The number of rotatable bonds is 3. The second-order valence-electron chi connectivity index (χ2n) is 6.67. The van der Waals surface area contributed by atoms with Crippen LogP contribution in [-0.2, 0) is 11.8 Å². The molecule has 0 radical (unpaired) electrons. The second kappa shape index (κ2) is 7.13. The van der Waals surface area contributed by atoms with Crippen molar-refractivity contribution in [1.82, 2.24) is 9.36 Å². The monoisotopic (exact) mass is 389 g/mol. The summed E-state index contributed by atoms with van der Waals surface area (Å²) in [6, 6.07) is 17.3. The van der Waals surface area contributed by atoms with Gasteiger partial charge in [-0.15, -0.1) is 0 Å². The first-order valence-corrected chi connectivity index (χ1v) is 9.71. The minimum absolute atomic E-state index is 0.157. The largest absolute Gasteiger partial charge is 0.285 e. The molecular weight excluding hydrogens is 370 g/mol. The first-order chi connectivity index (χ1) is 13.5. The zero-order valence-corrected chi connectivity index (χ0v) is 16.7. The third kappa shape index (κ3) is 3.16.